The molecule has 1 heterocycles. The molecule has 1 aromatic rings. The average molecular weight is 336 g/mol. The molecule has 0 spiro atoms. The molecule has 0 bridgehead atoms. The van der Waals surface area contributed by atoms with Crippen molar-refractivity contribution in [1.29, 1.82) is 0 Å². The van der Waals surface area contributed by atoms with Gasteiger partial charge in [-0.05, 0) is 18.6 Å². The number of nitrogens with zero attached hydrogens (tertiary/aromatic N) is 2. The summed E-state index contributed by atoms with van der Waals surface area (Å²) in [5, 5.41) is 12.4. The third kappa shape index (κ3) is 4.77. The van der Waals surface area contributed by atoms with Crippen LogP contribution in [0.2, 0.25) is 0 Å². The summed E-state index contributed by atoms with van der Waals surface area (Å²) < 4.78 is 24.8. The molecular weight excluding hydrogens is 318 g/mol. The number of urea groups is 1. The first-order valence-corrected chi connectivity index (χ1v) is 8.77. The molecule has 2 atom stereocenters. The molecule has 0 unspecified atom stereocenters. The van der Waals surface area contributed by atoms with Crippen molar-refractivity contribution in [2.45, 2.75) is 50.3 Å². The average Bonchev–Trinajstić information content (AvgIpc) is 2.90. The Bertz CT molecular complexity index is 470. The van der Waals surface area contributed by atoms with Crippen LogP contribution in [0.1, 0.15) is 44.0 Å². The fourth-order valence-electron chi connectivity index (χ4n) is 2.35. The highest BCUT2D eigenvalue weighted by Gasteiger charge is 2.26. The van der Waals surface area contributed by atoms with Crippen LogP contribution in [0.25, 0.3) is 0 Å². The van der Waals surface area contributed by atoms with Gasteiger partial charge in [0, 0.05) is 11.3 Å². The van der Waals surface area contributed by atoms with Crippen molar-refractivity contribution in [2.75, 3.05) is 11.1 Å². The summed E-state index contributed by atoms with van der Waals surface area (Å²) in [6, 6.07) is -0.285. The molecule has 2 amide bonds. The van der Waals surface area contributed by atoms with Gasteiger partial charge < -0.3 is 5.32 Å². The van der Waals surface area contributed by atoms with Crippen LogP contribution in [0, 0.1) is 0 Å². The van der Waals surface area contributed by atoms with Gasteiger partial charge >= 0.3 is 6.03 Å². The van der Waals surface area contributed by atoms with E-state index in [0.29, 0.717) is 16.6 Å². The molecule has 0 aromatic carbocycles. The van der Waals surface area contributed by atoms with Crippen molar-refractivity contribution >= 4 is 34.3 Å². The van der Waals surface area contributed by atoms with Crippen LogP contribution in [0.5, 0.6) is 0 Å². The van der Waals surface area contributed by atoms with Crippen molar-refractivity contribution in [3.05, 3.63) is 5.01 Å². The van der Waals surface area contributed by atoms with Gasteiger partial charge in [-0.3, -0.25) is 5.32 Å². The molecule has 1 aliphatic carbocycles. The lowest BCUT2D eigenvalue weighted by Crippen LogP contribution is -2.45. The maximum absolute atomic E-state index is 12.4. The minimum Gasteiger partial charge on any atom is -0.334 e. The van der Waals surface area contributed by atoms with E-state index < -0.39 is 12.5 Å². The van der Waals surface area contributed by atoms with Gasteiger partial charge in [0.25, 0.3) is 6.43 Å². The van der Waals surface area contributed by atoms with E-state index in [1.807, 2.05) is 11.8 Å². The maximum Gasteiger partial charge on any atom is 0.321 e. The summed E-state index contributed by atoms with van der Waals surface area (Å²) in [5.74, 6) is 1.01. The van der Waals surface area contributed by atoms with Gasteiger partial charge in [0.05, 0.1) is 0 Å². The van der Waals surface area contributed by atoms with E-state index in [9.17, 15) is 13.6 Å². The summed E-state index contributed by atoms with van der Waals surface area (Å²) in [5.41, 5.74) is 0. The van der Waals surface area contributed by atoms with E-state index in [1.165, 1.54) is 6.42 Å². The normalized spacial score (nSPS) is 22.3. The Morgan fingerprint density at radius 3 is 2.86 bits per heavy atom. The zero-order chi connectivity index (χ0) is 15.2. The van der Waals surface area contributed by atoms with E-state index in [1.54, 1.807) is 0 Å². The van der Waals surface area contributed by atoms with Gasteiger partial charge in [0.1, 0.15) is 0 Å². The molecule has 2 rings (SSSR count). The summed E-state index contributed by atoms with van der Waals surface area (Å²) >= 11 is 2.54. The number of nitrogens with one attached hydrogen (secondary N) is 2. The van der Waals surface area contributed by atoms with E-state index in [4.69, 9.17) is 0 Å². The van der Waals surface area contributed by atoms with E-state index in [0.717, 1.165) is 25.0 Å². The molecule has 118 valence electrons. The Balaban J connectivity index is 1.87. The minimum atomic E-state index is -2.66. The van der Waals surface area contributed by atoms with Crippen molar-refractivity contribution < 1.29 is 13.6 Å². The zero-order valence-corrected chi connectivity index (χ0v) is 13.3. The van der Waals surface area contributed by atoms with Gasteiger partial charge in [-0.15, -0.1) is 10.2 Å². The molecule has 0 aliphatic heterocycles. The van der Waals surface area contributed by atoms with Crippen molar-refractivity contribution in [1.82, 2.24) is 15.5 Å². The van der Waals surface area contributed by atoms with Crippen molar-refractivity contribution in [3.63, 3.8) is 0 Å². The molecule has 21 heavy (non-hydrogen) atoms. The molecule has 5 nitrogen and oxygen atoms in total. The Hall–Kier alpha value is -0.960. The number of alkyl halides is 2. The smallest absolute Gasteiger partial charge is 0.321 e. The molecule has 1 saturated carbocycles. The Labute approximate surface area is 130 Å². The first kappa shape index (κ1) is 16.4. The van der Waals surface area contributed by atoms with E-state index in [2.05, 4.69) is 27.8 Å². The van der Waals surface area contributed by atoms with Gasteiger partial charge in [0.2, 0.25) is 5.13 Å². The molecule has 1 aromatic heterocycles. The summed E-state index contributed by atoms with van der Waals surface area (Å²) in [6.07, 6.45) is 1.66. The van der Waals surface area contributed by atoms with Crippen molar-refractivity contribution in [3.8, 4) is 0 Å². The predicted octanol–water partition coefficient (Wildman–Crippen LogP) is 3.66. The highest BCUT2D eigenvalue weighted by molar-refractivity contribution is 7.99. The van der Waals surface area contributed by atoms with Gasteiger partial charge in [-0.25, -0.2) is 13.6 Å². The first-order valence-electron chi connectivity index (χ1n) is 6.90. The number of carbonyl (C=O) groups excluding carboxylic acids is 1. The molecule has 1 fully saturated rings. The zero-order valence-electron chi connectivity index (χ0n) is 11.6. The highest BCUT2D eigenvalue weighted by atomic mass is 32.2. The van der Waals surface area contributed by atoms with Crippen LogP contribution in [-0.2, 0) is 0 Å². The number of carbonyl (C=O) groups is 1. The number of hydrogen-bond acceptors (Lipinski definition) is 5. The van der Waals surface area contributed by atoms with Gasteiger partial charge in [-0.2, -0.15) is 11.8 Å². The van der Waals surface area contributed by atoms with Gasteiger partial charge in [-0.1, -0.05) is 31.1 Å². The number of anilines is 1. The van der Waals surface area contributed by atoms with Crippen LogP contribution in [-0.4, -0.2) is 33.3 Å². The minimum absolute atomic E-state index is 0.0957. The SMILES string of the molecule is CCS[C@@H]1CCCC[C@H]1NC(=O)Nc1nnc(C(F)F)s1. The van der Waals surface area contributed by atoms with Gasteiger partial charge in [0.15, 0.2) is 5.01 Å². The maximum atomic E-state index is 12.4. The van der Waals surface area contributed by atoms with Crippen LogP contribution < -0.4 is 10.6 Å². The lowest BCUT2D eigenvalue weighted by Gasteiger charge is -2.31. The van der Waals surface area contributed by atoms with E-state index >= 15 is 0 Å². The number of amides is 2. The third-order valence-corrected chi connectivity index (χ3v) is 5.42. The Kier molecular flexibility index (Phi) is 6.16. The standard InChI is InChI=1S/C12H18F2N4OS2/c1-2-20-8-6-4-3-5-7(8)15-11(19)16-12-18-17-10(21-12)9(13)14/h7-9H,2-6H2,1H3,(H2,15,16,18,19)/t7-,8-/m1/s1. The molecule has 0 radical (unpaired) electrons. The second-order valence-electron chi connectivity index (χ2n) is 4.73. The quantitative estimate of drug-likeness (QED) is 0.861. The second-order valence-corrected chi connectivity index (χ2v) is 7.25. The topological polar surface area (TPSA) is 66.9 Å². The monoisotopic (exact) mass is 336 g/mol. The summed E-state index contributed by atoms with van der Waals surface area (Å²) in [7, 11) is 0. The molecule has 9 heteroatoms. The fraction of sp³-hybridized carbons (Fsp3) is 0.750. The lowest BCUT2D eigenvalue weighted by atomic mass is 9.95. The Morgan fingerprint density at radius 1 is 1.43 bits per heavy atom. The second kappa shape index (κ2) is 7.88. The predicted molar refractivity (Wildman–Crippen MR) is 81.2 cm³/mol. The first-order chi connectivity index (χ1) is 10.1. The lowest BCUT2D eigenvalue weighted by molar-refractivity contribution is 0.150. The largest absolute Gasteiger partial charge is 0.334 e. The molecule has 0 saturated heterocycles. The number of halogens is 2. The van der Waals surface area contributed by atoms with Crippen LogP contribution in [0.15, 0.2) is 0 Å². The van der Waals surface area contributed by atoms with Crippen molar-refractivity contribution in [2.24, 2.45) is 0 Å². The fourth-order valence-corrected chi connectivity index (χ4v) is 4.14. The molecule has 2 N–H and O–H groups in total. The number of hydrogen-bond donors (Lipinski definition) is 2. The van der Waals surface area contributed by atoms with Crippen LogP contribution in [0.3, 0.4) is 0 Å². The van der Waals surface area contributed by atoms with E-state index in [-0.39, 0.29) is 16.2 Å². The molecular formula is C12H18F2N4OS2. The number of rotatable bonds is 5. The van der Waals surface area contributed by atoms with Crippen LogP contribution >= 0.6 is 23.1 Å². The molecule has 1 aliphatic rings. The third-order valence-electron chi connectivity index (χ3n) is 3.25. The summed E-state index contributed by atoms with van der Waals surface area (Å²) in [6.45, 7) is 2.10. The number of thioether (sulfide) groups is 1. The highest BCUT2D eigenvalue weighted by Crippen LogP contribution is 2.29. The van der Waals surface area contributed by atoms with Crippen LogP contribution in [0.4, 0.5) is 18.7 Å². The Morgan fingerprint density at radius 2 is 2.19 bits per heavy atom. The number of aromatic nitrogens is 2. The summed E-state index contributed by atoms with van der Waals surface area (Å²) in [4.78, 5) is 11.9.